The van der Waals surface area contributed by atoms with Crippen molar-refractivity contribution in [3.8, 4) is 0 Å². The number of hydrogen-bond donors (Lipinski definition) is 0. The molecule has 24 heavy (non-hydrogen) atoms. The van der Waals surface area contributed by atoms with Crippen molar-refractivity contribution in [2.75, 3.05) is 0 Å². The normalized spacial score (nSPS) is 10.7. The van der Waals surface area contributed by atoms with Gasteiger partial charge in [-0.1, -0.05) is 114 Å². The van der Waals surface area contributed by atoms with Gasteiger partial charge in [-0.15, -0.1) is 0 Å². The molecule has 0 nitrogen and oxygen atoms in total. The molecule has 0 N–H and O–H groups in total. The molecule has 2 aromatic carbocycles. The molecular weight excluding hydrogens is 299 g/mol. The first-order valence-corrected chi connectivity index (χ1v) is 9.73. The standard InChI is InChI=1S/C23H33.Na.H/c1-2-3-4-5-6-7-8-9-10-11-12-16-21-18-15-19-22-17-13-14-20-23(21)22;;/h13-20H,2-12H2,1H3;;. The van der Waals surface area contributed by atoms with Crippen molar-refractivity contribution in [1.82, 2.24) is 0 Å². The number of rotatable bonds is 12. The third-order valence-electron chi connectivity index (χ3n) is 4.75. The number of fused-ring (bicyclic) bond motifs is 1. The van der Waals surface area contributed by atoms with Crippen molar-refractivity contribution in [3.63, 3.8) is 0 Å². The van der Waals surface area contributed by atoms with Crippen molar-refractivity contribution in [2.24, 2.45) is 0 Å². The van der Waals surface area contributed by atoms with Crippen LogP contribution in [0.3, 0.4) is 0 Å². The summed E-state index contributed by atoms with van der Waals surface area (Å²) in [6.45, 7) is 2.29. The molecule has 2 aromatic rings. The molecule has 0 amide bonds. The van der Waals surface area contributed by atoms with Gasteiger partial charge in [-0.3, -0.25) is 0 Å². The molecule has 127 valence electrons. The fraction of sp³-hybridized carbons (Fsp3) is 0.522. The molecule has 1 radical (unpaired) electrons. The van der Waals surface area contributed by atoms with Crippen molar-refractivity contribution >= 4 is 40.3 Å². The zero-order chi connectivity index (χ0) is 16.2. The van der Waals surface area contributed by atoms with Crippen molar-refractivity contribution in [3.05, 3.63) is 54.4 Å². The summed E-state index contributed by atoms with van der Waals surface area (Å²) in [6.07, 6.45) is 17.7. The zero-order valence-electron chi connectivity index (χ0n) is 14.9. The first kappa shape index (κ1) is 21.7. The third-order valence-corrected chi connectivity index (χ3v) is 4.75. The van der Waals surface area contributed by atoms with Crippen LogP contribution in [0.25, 0.3) is 10.8 Å². The van der Waals surface area contributed by atoms with Crippen LogP contribution in [0.1, 0.15) is 83.1 Å². The van der Waals surface area contributed by atoms with Crippen LogP contribution >= 0.6 is 0 Å². The molecule has 0 saturated heterocycles. The minimum absolute atomic E-state index is 0. The van der Waals surface area contributed by atoms with Gasteiger partial charge in [0.05, 0.1) is 0 Å². The van der Waals surface area contributed by atoms with Gasteiger partial charge in [-0.2, -0.15) is 0 Å². The Bertz CT molecular complexity index is 541. The van der Waals surface area contributed by atoms with Crippen LogP contribution in [0.15, 0.2) is 42.5 Å². The third kappa shape index (κ3) is 8.19. The second-order valence-electron chi connectivity index (χ2n) is 6.74. The van der Waals surface area contributed by atoms with Gasteiger partial charge < -0.3 is 0 Å². The van der Waals surface area contributed by atoms with E-state index in [2.05, 4.69) is 55.8 Å². The Morgan fingerprint density at radius 1 is 0.667 bits per heavy atom. The topological polar surface area (TPSA) is 0 Å². The second kappa shape index (κ2) is 13.9. The summed E-state index contributed by atoms with van der Waals surface area (Å²) in [4.78, 5) is 0. The van der Waals surface area contributed by atoms with Crippen LogP contribution in [0.2, 0.25) is 0 Å². The van der Waals surface area contributed by atoms with Crippen LogP contribution in [0.5, 0.6) is 0 Å². The van der Waals surface area contributed by atoms with E-state index in [1.165, 1.54) is 87.0 Å². The molecular formula is C23H34Na. The van der Waals surface area contributed by atoms with Crippen molar-refractivity contribution in [1.29, 1.82) is 0 Å². The van der Waals surface area contributed by atoms with E-state index in [1.807, 2.05) is 0 Å². The molecule has 2 rings (SSSR count). The number of benzene rings is 2. The van der Waals surface area contributed by atoms with Gasteiger partial charge in [0.2, 0.25) is 0 Å². The van der Waals surface area contributed by atoms with Gasteiger partial charge in [0.1, 0.15) is 0 Å². The molecule has 0 saturated carbocycles. The van der Waals surface area contributed by atoms with Gasteiger partial charge in [-0.25, -0.2) is 0 Å². The maximum atomic E-state index is 2.42. The molecule has 0 spiro atoms. The summed E-state index contributed by atoms with van der Waals surface area (Å²) in [7, 11) is 0. The Morgan fingerprint density at radius 3 is 1.96 bits per heavy atom. The molecule has 1 heteroatoms. The molecule has 0 bridgehead atoms. The molecule has 0 heterocycles. The van der Waals surface area contributed by atoms with E-state index in [0.29, 0.717) is 0 Å². The predicted octanol–water partition coefficient (Wildman–Crippen LogP) is 7.05. The van der Waals surface area contributed by atoms with E-state index in [1.54, 1.807) is 0 Å². The zero-order valence-corrected chi connectivity index (χ0v) is 14.9. The molecule has 0 fully saturated rings. The summed E-state index contributed by atoms with van der Waals surface area (Å²) in [5, 5.41) is 2.74. The van der Waals surface area contributed by atoms with E-state index in [0.717, 1.165) is 0 Å². The van der Waals surface area contributed by atoms with Gasteiger partial charge in [0, 0.05) is 0 Å². The predicted molar refractivity (Wildman–Crippen MR) is 111 cm³/mol. The Hall–Kier alpha value is -0.300. The number of hydrogen-bond acceptors (Lipinski definition) is 0. The first-order chi connectivity index (χ1) is 11.4. The van der Waals surface area contributed by atoms with E-state index < -0.39 is 0 Å². The Labute approximate surface area is 171 Å². The first-order valence-electron chi connectivity index (χ1n) is 9.73. The Morgan fingerprint density at radius 2 is 1.25 bits per heavy atom. The van der Waals surface area contributed by atoms with Gasteiger partial charge in [-0.05, 0) is 29.2 Å². The molecule has 0 aliphatic heterocycles. The Balaban J connectivity index is 0.00000288. The number of unbranched alkanes of at least 4 members (excludes halogenated alkanes) is 10. The van der Waals surface area contributed by atoms with Crippen LogP contribution in [0, 0.1) is 6.42 Å². The van der Waals surface area contributed by atoms with E-state index in [9.17, 15) is 0 Å². The van der Waals surface area contributed by atoms with Crippen LogP contribution < -0.4 is 0 Å². The van der Waals surface area contributed by atoms with E-state index in [4.69, 9.17) is 0 Å². The van der Waals surface area contributed by atoms with Gasteiger partial charge >= 0.3 is 29.6 Å². The molecule has 0 aliphatic carbocycles. The monoisotopic (exact) mass is 333 g/mol. The fourth-order valence-corrected chi connectivity index (χ4v) is 3.32. The molecule has 0 atom stereocenters. The summed E-state index contributed by atoms with van der Waals surface area (Å²) in [5.74, 6) is 0. The quantitative estimate of drug-likeness (QED) is 0.288. The maximum absolute atomic E-state index is 2.42. The second-order valence-corrected chi connectivity index (χ2v) is 6.74. The van der Waals surface area contributed by atoms with Crippen molar-refractivity contribution < 1.29 is 0 Å². The fourth-order valence-electron chi connectivity index (χ4n) is 3.32. The molecule has 0 unspecified atom stereocenters. The summed E-state index contributed by atoms with van der Waals surface area (Å²) in [5.41, 5.74) is 1.40. The van der Waals surface area contributed by atoms with Crippen LogP contribution in [-0.4, -0.2) is 29.6 Å². The van der Waals surface area contributed by atoms with Gasteiger partial charge in [0.25, 0.3) is 0 Å². The molecule has 0 aromatic heterocycles. The van der Waals surface area contributed by atoms with Gasteiger partial charge in [0.15, 0.2) is 0 Å². The van der Waals surface area contributed by atoms with Crippen LogP contribution in [-0.2, 0) is 0 Å². The average Bonchev–Trinajstić information content (AvgIpc) is 2.60. The van der Waals surface area contributed by atoms with Crippen LogP contribution in [0.4, 0.5) is 0 Å². The summed E-state index contributed by atoms with van der Waals surface area (Å²) in [6, 6.07) is 15.3. The van der Waals surface area contributed by atoms with E-state index in [-0.39, 0.29) is 29.6 Å². The Kier molecular flexibility index (Phi) is 12.6. The van der Waals surface area contributed by atoms with E-state index >= 15 is 0 Å². The van der Waals surface area contributed by atoms with Crippen molar-refractivity contribution in [2.45, 2.75) is 77.6 Å². The summed E-state index contributed by atoms with van der Waals surface area (Å²) < 4.78 is 0. The SMILES string of the molecule is CCCCCCCCCCCC[CH]c1cccc2ccccc12.[NaH]. The minimum atomic E-state index is 0. The average molecular weight is 334 g/mol. The molecule has 0 aliphatic rings. The summed E-state index contributed by atoms with van der Waals surface area (Å²) >= 11 is 0.